The van der Waals surface area contributed by atoms with Gasteiger partial charge in [-0.2, -0.15) is 0 Å². The van der Waals surface area contributed by atoms with Gasteiger partial charge in [0, 0.05) is 35.6 Å². The van der Waals surface area contributed by atoms with Crippen LogP contribution < -0.4 is 10.4 Å². The second-order valence-electron chi connectivity index (χ2n) is 10.1. The first-order valence-corrected chi connectivity index (χ1v) is 14.7. The monoisotopic (exact) mass is 539 g/mol. The normalized spacial score (nSPS) is 12.7. The fourth-order valence-electron chi connectivity index (χ4n) is 4.69. The molecule has 0 saturated heterocycles. The molecule has 0 radical (unpaired) electrons. The smallest absolute Gasteiger partial charge is 0.305 e. The largest absolute Gasteiger partial charge is 0.465 e. The van der Waals surface area contributed by atoms with E-state index in [-0.39, 0.29) is 48.7 Å². The van der Waals surface area contributed by atoms with E-state index in [9.17, 15) is 14.9 Å². The topological polar surface area (TPSA) is 78.7 Å². The van der Waals surface area contributed by atoms with E-state index in [1.165, 1.54) is 12.1 Å². The number of ether oxygens (including phenoxy) is 1. The van der Waals surface area contributed by atoms with Gasteiger partial charge in [0.25, 0.3) is 14.0 Å². The van der Waals surface area contributed by atoms with Crippen molar-refractivity contribution in [2.45, 2.75) is 45.6 Å². The van der Waals surface area contributed by atoms with Crippen molar-refractivity contribution in [2.75, 3.05) is 13.2 Å². The van der Waals surface area contributed by atoms with E-state index in [1.807, 2.05) is 36.4 Å². The number of nitro benzene ring substituents is 1. The van der Waals surface area contributed by atoms with Gasteiger partial charge >= 0.3 is 5.97 Å². The Kier molecular flexibility index (Phi) is 9.65. The first-order chi connectivity index (χ1) is 17.6. The maximum atomic E-state index is 12.0. The van der Waals surface area contributed by atoms with Crippen molar-refractivity contribution in [1.82, 2.24) is 0 Å². The lowest BCUT2D eigenvalue weighted by atomic mass is 9.99. The molecule has 0 bridgehead atoms. The van der Waals surface area contributed by atoms with Crippen molar-refractivity contribution < 1.29 is 18.9 Å². The molecule has 0 aliphatic carbocycles. The van der Waals surface area contributed by atoms with Crippen molar-refractivity contribution in [3.8, 4) is 0 Å². The Bertz CT molecular complexity index is 1160. The van der Waals surface area contributed by atoms with Crippen LogP contribution in [-0.2, 0) is 20.4 Å². The van der Waals surface area contributed by atoms with Crippen LogP contribution in [0, 0.1) is 16.0 Å². The molecular weight excluding hydrogens is 506 g/mol. The van der Waals surface area contributed by atoms with Crippen LogP contribution in [-0.4, -0.2) is 32.4 Å². The Morgan fingerprint density at radius 2 is 1.54 bits per heavy atom. The van der Waals surface area contributed by atoms with Crippen LogP contribution in [0.15, 0.2) is 78.9 Å². The minimum Gasteiger partial charge on any atom is -0.465 e. The molecule has 6 nitrogen and oxygen atoms in total. The van der Waals surface area contributed by atoms with Gasteiger partial charge in [0.2, 0.25) is 0 Å². The van der Waals surface area contributed by atoms with Crippen LogP contribution in [0.4, 0.5) is 5.69 Å². The summed E-state index contributed by atoms with van der Waals surface area (Å²) in [6.45, 7) is 8.65. The average Bonchev–Trinajstić information content (AvgIpc) is 2.87. The third-order valence-electron chi connectivity index (χ3n) is 6.47. The first kappa shape index (κ1) is 28.6. The number of rotatable bonds is 11. The fraction of sp³-hybridized carbons (Fsp3) is 0.345. The SMILES string of the molecule is CCC(=O)OC[C@@H](CO[Si](c1ccccc1)(c1ccccc1)C(C)(C)C)Cc1cc(Cl)ccc1[N+](=O)[O-]. The molecule has 0 amide bonds. The summed E-state index contributed by atoms with van der Waals surface area (Å²) in [7, 11) is -2.84. The molecule has 0 aliphatic heterocycles. The molecule has 0 fully saturated rings. The van der Waals surface area contributed by atoms with Gasteiger partial charge in [0.05, 0.1) is 11.5 Å². The van der Waals surface area contributed by atoms with E-state index >= 15 is 0 Å². The molecule has 3 aromatic carbocycles. The van der Waals surface area contributed by atoms with E-state index in [0.29, 0.717) is 10.6 Å². The number of esters is 1. The molecule has 196 valence electrons. The molecule has 37 heavy (non-hydrogen) atoms. The van der Waals surface area contributed by atoms with E-state index in [0.717, 1.165) is 10.4 Å². The summed E-state index contributed by atoms with van der Waals surface area (Å²) >= 11 is 6.19. The third kappa shape index (κ3) is 6.86. The van der Waals surface area contributed by atoms with E-state index < -0.39 is 13.2 Å². The molecular formula is C29H34ClNO5Si. The summed E-state index contributed by atoms with van der Waals surface area (Å²) in [6, 6.07) is 25.0. The molecule has 0 aromatic heterocycles. The van der Waals surface area contributed by atoms with Gasteiger partial charge < -0.3 is 9.16 Å². The van der Waals surface area contributed by atoms with Crippen LogP contribution in [0.2, 0.25) is 10.1 Å². The number of benzene rings is 3. The summed E-state index contributed by atoms with van der Waals surface area (Å²) in [4.78, 5) is 23.3. The lowest BCUT2D eigenvalue weighted by molar-refractivity contribution is -0.385. The average molecular weight is 540 g/mol. The maximum Gasteiger partial charge on any atom is 0.305 e. The second kappa shape index (κ2) is 12.5. The molecule has 0 heterocycles. The maximum absolute atomic E-state index is 12.0. The van der Waals surface area contributed by atoms with Gasteiger partial charge in [-0.25, -0.2) is 0 Å². The van der Waals surface area contributed by atoms with Crippen molar-refractivity contribution >= 4 is 41.9 Å². The van der Waals surface area contributed by atoms with Crippen molar-refractivity contribution in [3.05, 3.63) is 99.6 Å². The van der Waals surface area contributed by atoms with Crippen LogP contribution in [0.25, 0.3) is 0 Å². The third-order valence-corrected chi connectivity index (χ3v) is 11.7. The zero-order chi connectivity index (χ0) is 27.1. The molecule has 0 saturated carbocycles. The van der Waals surface area contributed by atoms with Crippen LogP contribution >= 0.6 is 11.6 Å². The van der Waals surface area contributed by atoms with E-state index in [4.69, 9.17) is 20.8 Å². The van der Waals surface area contributed by atoms with Crippen molar-refractivity contribution in [1.29, 1.82) is 0 Å². The number of halogens is 1. The predicted molar refractivity (Wildman–Crippen MR) is 150 cm³/mol. The number of hydrogen-bond donors (Lipinski definition) is 0. The van der Waals surface area contributed by atoms with Crippen LogP contribution in [0.1, 0.15) is 39.7 Å². The Balaban J connectivity index is 2.03. The molecule has 0 aliphatic rings. The number of carbonyl (C=O) groups excluding carboxylic acids is 1. The quantitative estimate of drug-likeness (QED) is 0.130. The summed E-state index contributed by atoms with van der Waals surface area (Å²) in [5.74, 6) is -0.634. The standard InChI is InChI=1S/C29H34ClNO5Si/c1-5-28(32)35-20-22(18-23-19-24(30)16-17-27(23)31(33)34)21-36-37(29(2,3)4,25-12-8-6-9-13-25)26-14-10-7-11-15-26/h6-17,19,22H,5,18,20-21H2,1-4H3/t22-/m0/s1. The van der Waals surface area contributed by atoms with E-state index in [2.05, 4.69) is 45.0 Å². The van der Waals surface area contributed by atoms with Gasteiger partial charge in [-0.3, -0.25) is 14.9 Å². The highest BCUT2D eigenvalue weighted by molar-refractivity contribution is 6.99. The highest BCUT2D eigenvalue weighted by Crippen LogP contribution is 2.37. The molecule has 0 N–H and O–H groups in total. The summed E-state index contributed by atoms with van der Waals surface area (Å²) in [5.41, 5.74) is 0.475. The van der Waals surface area contributed by atoms with Crippen LogP contribution in [0.3, 0.4) is 0 Å². The lowest BCUT2D eigenvalue weighted by Crippen LogP contribution is -2.67. The molecule has 8 heteroatoms. The number of hydrogen-bond acceptors (Lipinski definition) is 5. The van der Waals surface area contributed by atoms with Gasteiger partial charge in [-0.05, 0) is 34.0 Å². The van der Waals surface area contributed by atoms with Gasteiger partial charge in [-0.1, -0.05) is 100.0 Å². The Hall–Kier alpha value is -3.00. The Morgan fingerprint density at radius 3 is 2.03 bits per heavy atom. The molecule has 0 unspecified atom stereocenters. The summed E-state index contributed by atoms with van der Waals surface area (Å²) < 4.78 is 12.6. The molecule has 3 rings (SSSR count). The summed E-state index contributed by atoms with van der Waals surface area (Å²) in [6.07, 6.45) is 0.533. The fourth-order valence-corrected chi connectivity index (χ4v) is 9.53. The molecule has 1 atom stereocenters. The zero-order valence-corrected chi connectivity index (χ0v) is 23.5. The Morgan fingerprint density at radius 1 is 0.973 bits per heavy atom. The number of nitro groups is 1. The number of carbonyl (C=O) groups is 1. The Labute approximate surface area is 224 Å². The minimum atomic E-state index is -2.84. The van der Waals surface area contributed by atoms with Gasteiger partial charge in [0.1, 0.15) is 0 Å². The van der Waals surface area contributed by atoms with E-state index in [1.54, 1.807) is 13.0 Å². The lowest BCUT2D eigenvalue weighted by Gasteiger charge is -2.43. The molecule has 3 aromatic rings. The predicted octanol–water partition coefficient (Wildman–Crippen LogP) is 5.94. The van der Waals surface area contributed by atoms with Gasteiger partial charge in [0.15, 0.2) is 0 Å². The zero-order valence-electron chi connectivity index (χ0n) is 21.8. The van der Waals surface area contributed by atoms with Crippen LogP contribution in [0.5, 0.6) is 0 Å². The summed E-state index contributed by atoms with van der Waals surface area (Å²) in [5, 5.41) is 14.1. The highest BCUT2D eigenvalue weighted by atomic mass is 35.5. The second-order valence-corrected chi connectivity index (χ2v) is 14.9. The van der Waals surface area contributed by atoms with Crippen molar-refractivity contribution in [3.63, 3.8) is 0 Å². The number of nitrogens with zero attached hydrogens (tertiary/aromatic N) is 1. The van der Waals surface area contributed by atoms with Gasteiger partial charge in [-0.15, -0.1) is 0 Å². The minimum absolute atomic E-state index is 0.0123. The van der Waals surface area contributed by atoms with Crippen molar-refractivity contribution in [2.24, 2.45) is 5.92 Å². The highest BCUT2D eigenvalue weighted by Gasteiger charge is 2.50. The molecule has 0 spiro atoms. The first-order valence-electron chi connectivity index (χ1n) is 12.4.